The summed E-state index contributed by atoms with van der Waals surface area (Å²) in [7, 11) is 1.65. The van der Waals surface area contributed by atoms with Gasteiger partial charge in [-0.1, -0.05) is 23.7 Å². The highest BCUT2D eigenvalue weighted by Crippen LogP contribution is 2.35. The van der Waals surface area contributed by atoms with Crippen LogP contribution >= 0.6 is 11.6 Å². The van der Waals surface area contributed by atoms with E-state index in [0.717, 1.165) is 40.6 Å². The lowest BCUT2D eigenvalue weighted by Crippen LogP contribution is -2.36. The molecule has 0 aliphatic heterocycles. The molecule has 27 heavy (non-hydrogen) atoms. The maximum Gasteiger partial charge on any atom is 0.227 e. The summed E-state index contributed by atoms with van der Waals surface area (Å²) < 4.78 is 5.33. The number of hydrogen-bond donors (Lipinski definition) is 1. The molecule has 2 aromatic carbocycles. The Morgan fingerprint density at radius 3 is 2.67 bits per heavy atom. The molecule has 3 aromatic rings. The summed E-state index contributed by atoms with van der Waals surface area (Å²) >= 11 is 6.01. The third-order valence-electron chi connectivity index (χ3n) is 5.31. The second-order valence-electron chi connectivity index (χ2n) is 7.16. The van der Waals surface area contributed by atoms with Crippen molar-refractivity contribution in [2.24, 2.45) is 0 Å². The topological polar surface area (TPSA) is 45.3 Å². The number of fused-ring (bicyclic) bond motifs is 1. The first-order valence-corrected chi connectivity index (χ1v) is 9.65. The summed E-state index contributed by atoms with van der Waals surface area (Å²) in [5, 5.41) is 1.75. The molecule has 1 N–H and O–H groups in total. The van der Waals surface area contributed by atoms with Gasteiger partial charge in [-0.3, -0.25) is 4.79 Å². The number of amides is 1. The lowest BCUT2D eigenvalue weighted by Gasteiger charge is -2.30. The predicted molar refractivity (Wildman–Crippen MR) is 108 cm³/mol. The summed E-state index contributed by atoms with van der Waals surface area (Å²) in [5.41, 5.74) is 3.13. The van der Waals surface area contributed by atoms with Crippen LogP contribution < -0.4 is 4.74 Å². The zero-order valence-electron chi connectivity index (χ0n) is 15.5. The van der Waals surface area contributed by atoms with Gasteiger partial charge < -0.3 is 14.6 Å². The van der Waals surface area contributed by atoms with Crippen molar-refractivity contribution in [1.82, 2.24) is 9.88 Å². The molecule has 1 atom stereocenters. The van der Waals surface area contributed by atoms with Crippen LogP contribution in [0.3, 0.4) is 0 Å². The van der Waals surface area contributed by atoms with Crippen LogP contribution in [0, 0.1) is 0 Å². The number of rotatable bonds is 6. The third-order valence-corrected chi connectivity index (χ3v) is 5.57. The summed E-state index contributed by atoms with van der Waals surface area (Å²) in [5.74, 6) is 0.952. The van der Waals surface area contributed by atoms with E-state index in [1.165, 1.54) is 0 Å². The Labute approximate surface area is 164 Å². The van der Waals surface area contributed by atoms with Gasteiger partial charge in [-0.05, 0) is 61.2 Å². The number of methoxy groups -OCH3 is 1. The number of aromatic amines is 1. The molecule has 140 valence electrons. The van der Waals surface area contributed by atoms with Crippen molar-refractivity contribution < 1.29 is 9.53 Å². The van der Waals surface area contributed by atoms with Crippen molar-refractivity contribution in [3.8, 4) is 5.75 Å². The summed E-state index contributed by atoms with van der Waals surface area (Å²) in [6.45, 7) is 2.09. The second kappa shape index (κ2) is 7.28. The molecule has 1 saturated carbocycles. The van der Waals surface area contributed by atoms with E-state index in [1.807, 2.05) is 53.6 Å². The highest BCUT2D eigenvalue weighted by molar-refractivity contribution is 6.30. The summed E-state index contributed by atoms with van der Waals surface area (Å²) in [6.07, 6.45) is 4.46. The van der Waals surface area contributed by atoms with Gasteiger partial charge >= 0.3 is 0 Å². The Balaban J connectivity index is 1.59. The Morgan fingerprint density at radius 1 is 1.26 bits per heavy atom. The average Bonchev–Trinajstić information content (AvgIpc) is 3.43. The minimum Gasteiger partial charge on any atom is -0.497 e. The standard InChI is InChI=1S/C22H23ClN2O2/c1-14(15-3-5-17(23)6-4-15)25(18-7-8-18)22(26)11-16-13-24-21-10-9-19(27-2)12-20(16)21/h3-6,9-10,12-14,18,24H,7-8,11H2,1-2H3. The van der Waals surface area contributed by atoms with Crippen LogP contribution in [0.2, 0.25) is 5.02 Å². The molecular weight excluding hydrogens is 360 g/mol. The number of H-pyrrole nitrogens is 1. The normalized spacial score (nSPS) is 14.9. The molecule has 1 unspecified atom stereocenters. The van der Waals surface area contributed by atoms with Crippen LogP contribution in [0.1, 0.15) is 36.9 Å². The minimum atomic E-state index is 0.0296. The molecule has 1 fully saturated rings. The maximum atomic E-state index is 13.2. The quantitative estimate of drug-likeness (QED) is 0.642. The SMILES string of the molecule is COc1ccc2[nH]cc(CC(=O)N(C3CC3)C(C)c3ccc(Cl)cc3)c2c1. The van der Waals surface area contributed by atoms with Crippen LogP contribution in [0.4, 0.5) is 0 Å². The molecule has 1 aromatic heterocycles. The number of benzene rings is 2. The largest absolute Gasteiger partial charge is 0.497 e. The van der Waals surface area contributed by atoms with Gasteiger partial charge in [0.25, 0.3) is 0 Å². The molecule has 4 nitrogen and oxygen atoms in total. The van der Waals surface area contributed by atoms with Crippen molar-refractivity contribution in [1.29, 1.82) is 0 Å². The average molecular weight is 383 g/mol. The highest BCUT2D eigenvalue weighted by Gasteiger charge is 2.36. The number of carbonyl (C=O) groups excluding carboxylic acids is 1. The Bertz CT molecular complexity index is 960. The monoisotopic (exact) mass is 382 g/mol. The molecular formula is C22H23ClN2O2. The van der Waals surface area contributed by atoms with E-state index in [4.69, 9.17) is 16.3 Å². The zero-order valence-corrected chi connectivity index (χ0v) is 16.3. The third kappa shape index (κ3) is 3.67. The molecule has 5 heteroatoms. The van der Waals surface area contributed by atoms with E-state index in [1.54, 1.807) is 7.11 Å². The second-order valence-corrected chi connectivity index (χ2v) is 7.60. The van der Waals surface area contributed by atoms with Crippen LogP contribution in [0.15, 0.2) is 48.7 Å². The van der Waals surface area contributed by atoms with Crippen LogP contribution in [-0.2, 0) is 11.2 Å². The molecule has 1 aliphatic carbocycles. The van der Waals surface area contributed by atoms with Gasteiger partial charge in [0.05, 0.1) is 19.6 Å². The van der Waals surface area contributed by atoms with Gasteiger partial charge in [0.15, 0.2) is 0 Å². The van der Waals surface area contributed by atoms with Gasteiger partial charge in [-0.15, -0.1) is 0 Å². The number of hydrogen-bond acceptors (Lipinski definition) is 2. The molecule has 1 amide bonds. The fourth-order valence-electron chi connectivity index (χ4n) is 3.68. The van der Waals surface area contributed by atoms with E-state index in [0.29, 0.717) is 17.5 Å². The lowest BCUT2D eigenvalue weighted by atomic mass is 10.0. The zero-order chi connectivity index (χ0) is 19.0. The Morgan fingerprint density at radius 2 is 2.00 bits per heavy atom. The molecule has 1 heterocycles. The molecule has 0 spiro atoms. The number of aromatic nitrogens is 1. The van der Waals surface area contributed by atoms with Gasteiger partial charge in [-0.2, -0.15) is 0 Å². The number of nitrogens with zero attached hydrogens (tertiary/aromatic N) is 1. The summed E-state index contributed by atoms with van der Waals surface area (Å²) in [4.78, 5) is 18.5. The van der Waals surface area contributed by atoms with E-state index >= 15 is 0 Å². The fourth-order valence-corrected chi connectivity index (χ4v) is 3.80. The van der Waals surface area contributed by atoms with E-state index in [2.05, 4.69) is 11.9 Å². The first-order chi connectivity index (χ1) is 13.1. The Hall–Kier alpha value is -2.46. The van der Waals surface area contributed by atoms with Crippen molar-refractivity contribution >= 4 is 28.4 Å². The fraction of sp³-hybridized carbons (Fsp3) is 0.318. The van der Waals surface area contributed by atoms with Crippen molar-refractivity contribution in [2.45, 2.75) is 38.3 Å². The van der Waals surface area contributed by atoms with Gasteiger partial charge in [0.2, 0.25) is 5.91 Å². The number of halogens is 1. The summed E-state index contributed by atoms with van der Waals surface area (Å²) in [6, 6.07) is 14.0. The van der Waals surface area contributed by atoms with E-state index < -0.39 is 0 Å². The van der Waals surface area contributed by atoms with E-state index in [-0.39, 0.29) is 11.9 Å². The highest BCUT2D eigenvalue weighted by atomic mass is 35.5. The minimum absolute atomic E-state index is 0.0296. The molecule has 1 aliphatic rings. The van der Waals surface area contributed by atoms with Crippen LogP contribution in [0.5, 0.6) is 5.75 Å². The van der Waals surface area contributed by atoms with Gasteiger partial charge in [-0.25, -0.2) is 0 Å². The molecule has 4 rings (SSSR count). The number of nitrogens with one attached hydrogen (secondary N) is 1. The maximum absolute atomic E-state index is 13.2. The molecule has 0 bridgehead atoms. The number of ether oxygens (including phenoxy) is 1. The smallest absolute Gasteiger partial charge is 0.227 e. The van der Waals surface area contributed by atoms with Crippen LogP contribution in [0.25, 0.3) is 10.9 Å². The van der Waals surface area contributed by atoms with Gasteiger partial charge in [0.1, 0.15) is 5.75 Å². The van der Waals surface area contributed by atoms with Crippen LogP contribution in [-0.4, -0.2) is 28.9 Å². The molecule has 0 radical (unpaired) electrons. The predicted octanol–water partition coefficient (Wildman–Crippen LogP) is 5.12. The first-order valence-electron chi connectivity index (χ1n) is 9.27. The van der Waals surface area contributed by atoms with E-state index in [9.17, 15) is 4.79 Å². The van der Waals surface area contributed by atoms with Crippen molar-refractivity contribution in [3.63, 3.8) is 0 Å². The first kappa shape index (κ1) is 17.9. The molecule has 0 saturated heterocycles. The van der Waals surface area contributed by atoms with Gasteiger partial charge in [0, 0.05) is 28.2 Å². The Kier molecular flexibility index (Phi) is 4.83. The van der Waals surface area contributed by atoms with Crippen molar-refractivity contribution in [3.05, 3.63) is 64.8 Å². The van der Waals surface area contributed by atoms with Crippen molar-refractivity contribution in [2.75, 3.05) is 7.11 Å². The lowest BCUT2D eigenvalue weighted by molar-refractivity contribution is -0.133. The number of carbonyl (C=O) groups is 1.